The Labute approximate surface area is 193 Å². The Hall–Kier alpha value is -2.39. The minimum absolute atomic E-state index is 0.214. The number of rotatable bonds is 7. The summed E-state index contributed by atoms with van der Waals surface area (Å²) in [5, 5.41) is 3.09. The van der Waals surface area contributed by atoms with Crippen LogP contribution in [0.4, 0.5) is 5.00 Å². The molecular weight excluding hydrogens is 486 g/mol. The highest BCUT2D eigenvalue weighted by Gasteiger charge is 2.38. The number of benzene rings is 1. The average Bonchev–Trinajstić information content (AvgIpc) is 3.30. The molecule has 0 radical (unpaired) electrons. The summed E-state index contributed by atoms with van der Waals surface area (Å²) in [5.41, 5.74) is 1.96. The number of fused-ring (bicyclic) bond motifs is 1. The first kappa shape index (κ1) is 23.3. The SMILES string of the molecule is COC(=O)c1c(NC(=O)COc2ccc(C(C)C)cc2Br)sc2c1C(C(=O)OC)CC2. The molecule has 0 saturated heterocycles. The van der Waals surface area contributed by atoms with Gasteiger partial charge in [-0.15, -0.1) is 11.3 Å². The fourth-order valence-corrected chi connectivity index (χ4v) is 5.33. The van der Waals surface area contributed by atoms with E-state index in [-0.39, 0.29) is 12.2 Å². The predicted octanol–water partition coefficient (Wildman–Crippen LogP) is 4.64. The van der Waals surface area contributed by atoms with Crippen LogP contribution in [0.2, 0.25) is 0 Å². The molecule has 0 fully saturated rings. The smallest absolute Gasteiger partial charge is 0.341 e. The van der Waals surface area contributed by atoms with Crippen LogP contribution >= 0.6 is 27.3 Å². The minimum atomic E-state index is -0.600. The van der Waals surface area contributed by atoms with E-state index in [1.165, 1.54) is 25.6 Å². The van der Waals surface area contributed by atoms with E-state index in [0.29, 0.717) is 35.1 Å². The molecule has 0 saturated carbocycles. The lowest BCUT2D eigenvalue weighted by molar-refractivity contribution is -0.142. The van der Waals surface area contributed by atoms with Crippen molar-refractivity contribution in [1.29, 1.82) is 0 Å². The van der Waals surface area contributed by atoms with Gasteiger partial charge in [-0.3, -0.25) is 9.59 Å². The van der Waals surface area contributed by atoms with E-state index < -0.39 is 23.8 Å². The van der Waals surface area contributed by atoms with Crippen LogP contribution in [0, 0.1) is 0 Å². The first-order valence-corrected chi connectivity index (χ1v) is 11.4. The molecule has 0 aliphatic heterocycles. The van der Waals surface area contributed by atoms with Crippen molar-refractivity contribution in [3.63, 3.8) is 0 Å². The number of esters is 2. The van der Waals surface area contributed by atoms with Gasteiger partial charge in [0.1, 0.15) is 10.8 Å². The molecule has 9 heteroatoms. The van der Waals surface area contributed by atoms with E-state index in [0.717, 1.165) is 14.9 Å². The number of aryl methyl sites for hydroxylation is 1. The van der Waals surface area contributed by atoms with Gasteiger partial charge in [0.2, 0.25) is 0 Å². The summed E-state index contributed by atoms with van der Waals surface area (Å²) in [5.74, 6) is -1.04. The molecule has 0 bridgehead atoms. The number of nitrogens with one attached hydrogen (secondary N) is 1. The zero-order chi connectivity index (χ0) is 22.7. The Morgan fingerprint density at radius 1 is 1.23 bits per heavy atom. The van der Waals surface area contributed by atoms with E-state index in [1.54, 1.807) is 0 Å². The molecule has 1 amide bonds. The van der Waals surface area contributed by atoms with Crippen molar-refractivity contribution in [3.8, 4) is 5.75 Å². The second-order valence-corrected chi connectivity index (χ2v) is 9.39. The Kier molecular flexibility index (Phi) is 7.38. The lowest BCUT2D eigenvalue weighted by Gasteiger charge is -2.13. The van der Waals surface area contributed by atoms with Gasteiger partial charge < -0.3 is 19.5 Å². The van der Waals surface area contributed by atoms with E-state index in [1.807, 2.05) is 18.2 Å². The molecule has 1 heterocycles. The number of carbonyl (C=O) groups excluding carboxylic acids is 3. The maximum Gasteiger partial charge on any atom is 0.341 e. The van der Waals surface area contributed by atoms with Crippen LogP contribution in [0.15, 0.2) is 22.7 Å². The zero-order valence-corrected chi connectivity index (χ0v) is 20.1. The second-order valence-electron chi connectivity index (χ2n) is 7.43. The molecule has 1 aromatic carbocycles. The van der Waals surface area contributed by atoms with Crippen LogP contribution in [0.3, 0.4) is 0 Å². The molecule has 166 valence electrons. The summed E-state index contributed by atoms with van der Waals surface area (Å²) in [4.78, 5) is 38.0. The highest BCUT2D eigenvalue weighted by Crippen LogP contribution is 2.45. The van der Waals surface area contributed by atoms with Gasteiger partial charge in [-0.1, -0.05) is 19.9 Å². The number of anilines is 1. The van der Waals surface area contributed by atoms with E-state index in [4.69, 9.17) is 14.2 Å². The highest BCUT2D eigenvalue weighted by atomic mass is 79.9. The Morgan fingerprint density at radius 3 is 2.58 bits per heavy atom. The number of amides is 1. The summed E-state index contributed by atoms with van der Waals surface area (Å²) in [6.45, 7) is 3.96. The van der Waals surface area contributed by atoms with E-state index in [9.17, 15) is 14.4 Å². The first-order chi connectivity index (χ1) is 14.8. The third-order valence-corrected chi connectivity index (χ3v) is 6.94. The third-order valence-electron chi connectivity index (χ3n) is 5.14. The quantitative estimate of drug-likeness (QED) is 0.546. The zero-order valence-electron chi connectivity index (χ0n) is 17.7. The number of hydrogen-bond donors (Lipinski definition) is 1. The number of hydrogen-bond acceptors (Lipinski definition) is 7. The topological polar surface area (TPSA) is 90.9 Å². The first-order valence-electron chi connectivity index (χ1n) is 9.80. The lowest BCUT2D eigenvalue weighted by atomic mass is 9.99. The molecule has 3 rings (SSSR count). The fourth-order valence-electron chi connectivity index (χ4n) is 3.53. The molecule has 2 aromatic rings. The maximum absolute atomic E-state index is 12.5. The van der Waals surface area contributed by atoms with Crippen LogP contribution in [0.5, 0.6) is 5.75 Å². The predicted molar refractivity (Wildman–Crippen MR) is 121 cm³/mol. The van der Waals surface area contributed by atoms with Crippen LogP contribution in [-0.4, -0.2) is 38.7 Å². The third kappa shape index (κ3) is 4.93. The van der Waals surface area contributed by atoms with Crippen molar-refractivity contribution in [3.05, 3.63) is 44.2 Å². The number of thiophene rings is 1. The lowest BCUT2D eigenvalue weighted by Crippen LogP contribution is -2.22. The average molecular weight is 510 g/mol. The van der Waals surface area contributed by atoms with Gasteiger partial charge in [0, 0.05) is 4.88 Å². The van der Waals surface area contributed by atoms with Gasteiger partial charge in [0.25, 0.3) is 5.91 Å². The van der Waals surface area contributed by atoms with Gasteiger partial charge in [0.05, 0.1) is 30.2 Å². The fraction of sp³-hybridized carbons (Fsp3) is 0.409. The van der Waals surface area contributed by atoms with Crippen LogP contribution in [0.25, 0.3) is 0 Å². The van der Waals surface area contributed by atoms with Crippen LogP contribution < -0.4 is 10.1 Å². The van der Waals surface area contributed by atoms with Crippen molar-refractivity contribution in [2.75, 3.05) is 26.1 Å². The molecule has 7 nitrogen and oxygen atoms in total. The molecule has 1 aromatic heterocycles. The summed E-state index contributed by atoms with van der Waals surface area (Å²) in [6, 6.07) is 5.73. The molecule has 1 unspecified atom stereocenters. The Balaban J connectivity index is 1.76. The Morgan fingerprint density at radius 2 is 1.97 bits per heavy atom. The van der Waals surface area contributed by atoms with Crippen molar-refractivity contribution in [2.24, 2.45) is 0 Å². The van der Waals surface area contributed by atoms with Crippen molar-refractivity contribution < 1.29 is 28.6 Å². The largest absolute Gasteiger partial charge is 0.483 e. The highest BCUT2D eigenvalue weighted by molar-refractivity contribution is 9.10. The van der Waals surface area contributed by atoms with Crippen molar-refractivity contribution in [1.82, 2.24) is 0 Å². The van der Waals surface area contributed by atoms with Crippen LogP contribution in [-0.2, 0) is 25.5 Å². The van der Waals surface area contributed by atoms with E-state index >= 15 is 0 Å². The summed E-state index contributed by atoms with van der Waals surface area (Å²) in [6.07, 6.45) is 1.20. The summed E-state index contributed by atoms with van der Waals surface area (Å²) in [7, 11) is 2.58. The number of carbonyl (C=O) groups is 3. The van der Waals surface area contributed by atoms with Crippen LogP contribution in [0.1, 0.15) is 58.5 Å². The van der Waals surface area contributed by atoms with Crippen molar-refractivity contribution in [2.45, 2.75) is 38.5 Å². The van der Waals surface area contributed by atoms with Gasteiger partial charge in [-0.2, -0.15) is 0 Å². The van der Waals surface area contributed by atoms with Crippen molar-refractivity contribution >= 4 is 50.1 Å². The van der Waals surface area contributed by atoms with Gasteiger partial charge >= 0.3 is 11.9 Å². The summed E-state index contributed by atoms with van der Waals surface area (Å²) < 4.78 is 16.2. The normalized spacial score (nSPS) is 14.8. The molecule has 0 spiro atoms. The molecular formula is C22H24BrNO6S. The number of ether oxygens (including phenoxy) is 3. The minimum Gasteiger partial charge on any atom is -0.483 e. The van der Waals surface area contributed by atoms with Gasteiger partial charge in [0.15, 0.2) is 6.61 Å². The maximum atomic E-state index is 12.5. The molecule has 1 aliphatic rings. The number of methoxy groups -OCH3 is 2. The molecule has 1 aliphatic carbocycles. The monoisotopic (exact) mass is 509 g/mol. The van der Waals surface area contributed by atoms with Gasteiger partial charge in [-0.25, -0.2) is 4.79 Å². The molecule has 1 N–H and O–H groups in total. The van der Waals surface area contributed by atoms with Gasteiger partial charge in [-0.05, 0) is 57.9 Å². The second kappa shape index (κ2) is 9.82. The molecule has 1 atom stereocenters. The summed E-state index contributed by atoms with van der Waals surface area (Å²) >= 11 is 4.75. The Bertz CT molecular complexity index is 1020. The van der Waals surface area contributed by atoms with E-state index in [2.05, 4.69) is 35.1 Å². The molecule has 31 heavy (non-hydrogen) atoms. The standard InChI is InChI=1S/C22H24BrNO6S/c1-11(2)12-5-7-15(14(23)9-12)30-10-17(25)24-20-19(22(27)29-4)18-13(21(26)28-3)6-8-16(18)31-20/h5,7,9,11,13H,6,8,10H2,1-4H3,(H,24,25). The number of halogens is 1.